The number of ether oxygens (including phenoxy) is 1. The second-order valence-corrected chi connectivity index (χ2v) is 6.85. The number of benzene rings is 2. The second kappa shape index (κ2) is 10.8. The smallest absolute Gasteiger partial charge is 0.191 e. The highest BCUT2D eigenvalue weighted by atomic mass is 127. The van der Waals surface area contributed by atoms with Gasteiger partial charge in [0.1, 0.15) is 11.5 Å². The summed E-state index contributed by atoms with van der Waals surface area (Å²) in [4.78, 5) is 4.31. The van der Waals surface area contributed by atoms with E-state index in [9.17, 15) is 0 Å². The van der Waals surface area contributed by atoms with Crippen molar-refractivity contribution in [2.75, 3.05) is 7.05 Å². The lowest BCUT2D eigenvalue weighted by Crippen LogP contribution is -2.36. The number of halogens is 1. The summed E-state index contributed by atoms with van der Waals surface area (Å²) < 4.78 is 8.05. The average molecular weight is 528 g/mol. The first-order chi connectivity index (χ1) is 14.7. The van der Waals surface area contributed by atoms with Gasteiger partial charge in [0.2, 0.25) is 0 Å². The summed E-state index contributed by atoms with van der Waals surface area (Å²) in [5.41, 5.74) is 3.01. The maximum absolute atomic E-state index is 6.10. The molecule has 31 heavy (non-hydrogen) atoms. The van der Waals surface area contributed by atoms with Crippen molar-refractivity contribution >= 4 is 35.6 Å². The average Bonchev–Trinajstić information content (AvgIpc) is 3.19. The van der Waals surface area contributed by atoms with Crippen molar-refractivity contribution < 1.29 is 4.74 Å². The Morgan fingerprint density at radius 3 is 2.55 bits per heavy atom. The molecule has 160 valence electrons. The Hall–Kier alpha value is -3.14. The summed E-state index contributed by atoms with van der Waals surface area (Å²) in [6.45, 7) is 3.13. The molecule has 2 N–H and O–H groups in total. The normalized spacial score (nSPS) is 11.1. The Balaban J connectivity index is 0.00000272. The van der Waals surface area contributed by atoms with E-state index in [2.05, 4.69) is 44.9 Å². The monoisotopic (exact) mass is 528 g/mol. The molecule has 2 aromatic heterocycles. The number of nitrogens with one attached hydrogen (secondary N) is 2. The van der Waals surface area contributed by atoms with Gasteiger partial charge in [-0.1, -0.05) is 36.4 Å². The zero-order chi connectivity index (χ0) is 20.8. The van der Waals surface area contributed by atoms with Gasteiger partial charge >= 0.3 is 0 Å². The van der Waals surface area contributed by atoms with Gasteiger partial charge in [-0.2, -0.15) is 0 Å². The molecule has 0 atom stereocenters. The fourth-order valence-corrected chi connectivity index (χ4v) is 3.09. The van der Waals surface area contributed by atoms with Gasteiger partial charge in [-0.25, -0.2) is 0 Å². The van der Waals surface area contributed by atoms with Gasteiger partial charge in [0.15, 0.2) is 17.4 Å². The fourth-order valence-electron chi connectivity index (χ4n) is 3.09. The number of guanidine groups is 1. The van der Waals surface area contributed by atoms with Crippen molar-refractivity contribution in [1.29, 1.82) is 0 Å². The first kappa shape index (κ1) is 22.5. The molecule has 0 aliphatic carbocycles. The van der Waals surface area contributed by atoms with Crippen LogP contribution in [0.15, 0.2) is 77.9 Å². The van der Waals surface area contributed by atoms with E-state index in [1.807, 2.05) is 65.2 Å². The highest BCUT2D eigenvalue weighted by molar-refractivity contribution is 14.0. The standard InChI is InChI=1S/C23H24N6O.HI/c1-17-11-12-18(20(14-17)30-19-8-4-3-5-9-19)15-25-23(24-2)26-16-22-28-27-21-10-6-7-13-29(21)22;/h3-14H,15-16H2,1-2H3,(H2,24,25,26);1H. The van der Waals surface area contributed by atoms with Gasteiger partial charge in [-0.3, -0.25) is 9.39 Å². The maximum atomic E-state index is 6.10. The molecule has 0 radical (unpaired) electrons. The minimum atomic E-state index is 0. The molecule has 0 saturated carbocycles. The molecule has 4 rings (SSSR count). The van der Waals surface area contributed by atoms with E-state index < -0.39 is 0 Å². The molecule has 2 aromatic carbocycles. The van der Waals surface area contributed by atoms with Crippen LogP contribution in [0.3, 0.4) is 0 Å². The summed E-state index contributed by atoms with van der Waals surface area (Å²) in [7, 11) is 1.74. The zero-order valence-corrected chi connectivity index (χ0v) is 19.8. The summed E-state index contributed by atoms with van der Waals surface area (Å²) >= 11 is 0. The van der Waals surface area contributed by atoms with Crippen LogP contribution in [-0.2, 0) is 13.1 Å². The lowest BCUT2D eigenvalue weighted by Gasteiger charge is -2.15. The van der Waals surface area contributed by atoms with Gasteiger partial charge in [0, 0.05) is 25.4 Å². The number of pyridine rings is 1. The van der Waals surface area contributed by atoms with Crippen LogP contribution < -0.4 is 15.4 Å². The number of rotatable bonds is 6. The van der Waals surface area contributed by atoms with Crippen molar-refractivity contribution in [3.8, 4) is 11.5 Å². The number of aryl methyl sites for hydroxylation is 1. The Bertz CT molecular complexity index is 1160. The van der Waals surface area contributed by atoms with Gasteiger partial charge in [0.05, 0.1) is 6.54 Å². The van der Waals surface area contributed by atoms with E-state index in [1.54, 1.807) is 7.05 Å². The van der Waals surface area contributed by atoms with E-state index in [-0.39, 0.29) is 24.0 Å². The lowest BCUT2D eigenvalue weighted by molar-refractivity contribution is 0.474. The van der Waals surface area contributed by atoms with Gasteiger partial charge in [-0.05, 0) is 42.8 Å². The highest BCUT2D eigenvalue weighted by Gasteiger charge is 2.09. The third kappa shape index (κ3) is 5.72. The van der Waals surface area contributed by atoms with E-state index in [1.165, 1.54) is 0 Å². The van der Waals surface area contributed by atoms with Crippen molar-refractivity contribution in [1.82, 2.24) is 25.2 Å². The van der Waals surface area contributed by atoms with Crippen LogP contribution in [0.4, 0.5) is 0 Å². The quantitative estimate of drug-likeness (QED) is 0.222. The number of para-hydroxylation sites is 1. The molecule has 2 heterocycles. The molecule has 8 heteroatoms. The molecule has 0 aliphatic rings. The first-order valence-electron chi connectivity index (χ1n) is 9.78. The molecule has 0 amide bonds. The molecular formula is C23H25IN6O. The Labute approximate surface area is 198 Å². The highest BCUT2D eigenvalue weighted by Crippen LogP contribution is 2.26. The minimum Gasteiger partial charge on any atom is -0.457 e. The van der Waals surface area contributed by atoms with Gasteiger partial charge in [-0.15, -0.1) is 34.2 Å². The number of aliphatic imine (C=N–C) groups is 1. The molecule has 0 unspecified atom stereocenters. The first-order valence-corrected chi connectivity index (χ1v) is 9.78. The fraction of sp³-hybridized carbons (Fsp3) is 0.174. The van der Waals surface area contributed by atoms with Crippen LogP contribution >= 0.6 is 24.0 Å². The summed E-state index contributed by atoms with van der Waals surface area (Å²) in [5.74, 6) is 3.13. The molecule has 0 bridgehead atoms. The second-order valence-electron chi connectivity index (χ2n) is 6.85. The molecular weight excluding hydrogens is 503 g/mol. The Kier molecular flexibility index (Phi) is 7.82. The number of hydrogen-bond acceptors (Lipinski definition) is 4. The third-order valence-corrected chi connectivity index (χ3v) is 4.66. The van der Waals surface area contributed by atoms with Gasteiger partial charge < -0.3 is 15.4 Å². The predicted molar refractivity (Wildman–Crippen MR) is 133 cm³/mol. The van der Waals surface area contributed by atoms with Crippen molar-refractivity contribution in [2.45, 2.75) is 20.0 Å². The third-order valence-electron chi connectivity index (χ3n) is 4.66. The van der Waals surface area contributed by atoms with Crippen LogP contribution in [0.25, 0.3) is 5.65 Å². The molecule has 0 aliphatic heterocycles. The predicted octanol–water partition coefficient (Wildman–Crippen LogP) is 4.31. The number of aromatic nitrogens is 3. The molecule has 7 nitrogen and oxygen atoms in total. The Morgan fingerprint density at radius 2 is 1.74 bits per heavy atom. The van der Waals surface area contributed by atoms with Crippen molar-refractivity contribution in [3.63, 3.8) is 0 Å². The lowest BCUT2D eigenvalue weighted by atomic mass is 10.1. The summed E-state index contributed by atoms with van der Waals surface area (Å²) in [5, 5.41) is 15.0. The number of fused-ring (bicyclic) bond motifs is 1. The maximum Gasteiger partial charge on any atom is 0.191 e. The topological polar surface area (TPSA) is 75.8 Å². The van der Waals surface area contributed by atoms with E-state index in [4.69, 9.17) is 4.74 Å². The van der Waals surface area contributed by atoms with Crippen molar-refractivity contribution in [3.05, 3.63) is 89.9 Å². The Morgan fingerprint density at radius 1 is 0.968 bits per heavy atom. The van der Waals surface area contributed by atoms with Gasteiger partial charge in [0.25, 0.3) is 0 Å². The number of nitrogens with zero attached hydrogens (tertiary/aromatic N) is 4. The van der Waals surface area contributed by atoms with Crippen LogP contribution in [0.5, 0.6) is 11.5 Å². The minimum absolute atomic E-state index is 0. The van der Waals surface area contributed by atoms with Crippen molar-refractivity contribution in [2.24, 2.45) is 4.99 Å². The van der Waals surface area contributed by atoms with Crippen LogP contribution in [0.2, 0.25) is 0 Å². The van der Waals surface area contributed by atoms with E-state index >= 15 is 0 Å². The molecule has 4 aromatic rings. The summed E-state index contributed by atoms with van der Waals surface area (Å²) in [6.07, 6.45) is 1.95. The van der Waals surface area contributed by atoms with Crippen LogP contribution in [-0.4, -0.2) is 27.6 Å². The molecule has 0 saturated heterocycles. The SMILES string of the molecule is CN=C(NCc1ccc(C)cc1Oc1ccccc1)NCc1nnc2ccccn12.I. The zero-order valence-electron chi connectivity index (χ0n) is 17.4. The molecule has 0 fully saturated rings. The van der Waals surface area contributed by atoms with E-state index in [0.29, 0.717) is 19.0 Å². The largest absolute Gasteiger partial charge is 0.457 e. The van der Waals surface area contributed by atoms with Crippen LogP contribution in [0.1, 0.15) is 17.0 Å². The molecule has 0 spiro atoms. The summed E-state index contributed by atoms with van der Waals surface area (Å²) in [6, 6.07) is 21.8. The van der Waals surface area contributed by atoms with Crippen LogP contribution in [0, 0.1) is 6.92 Å². The van der Waals surface area contributed by atoms with E-state index in [0.717, 1.165) is 34.1 Å². The number of hydrogen-bond donors (Lipinski definition) is 2.